The van der Waals surface area contributed by atoms with Crippen LogP contribution in [0.25, 0.3) is 0 Å². The molecule has 1 heterocycles. The lowest BCUT2D eigenvalue weighted by Crippen LogP contribution is -2.28. The molecule has 8 heavy (non-hydrogen) atoms. The minimum Gasteiger partial charge on any atom is -0.305 e. The second-order valence-electron chi connectivity index (χ2n) is 2.54. The van der Waals surface area contributed by atoms with Gasteiger partial charge in [0.15, 0.2) is 0 Å². The highest BCUT2D eigenvalue weighted by molar-refractivity contribution is 4.75. The summed E-state index contributed by atoms with van der Waals surface area (Å²) in [6, 6.07) is 0.731. The van der Waals surface area contributed by atoms with Gasteiger partial charge in [-0.05, 0) is 20.5 Å². The predicted molar refractivity (Wildman–Crippen MR) is 34.0 cm³/mol. The van der Waals surface area contributed by atoms with Gasteiger partial charge in [-0.1, -0.05) is 0 Å². The van der Waals surface area contributed by atoms with Crippen molar-refractivity contribution in [2.45, 2.75) is 12.5 Å². The van der Waals surface area contributed by atoms with Gasteiger partial charge in [0, 0.05) is 19.1 Å². The highest BCUT2D eigenvalue weighted by Gasteiger charge is 2.16. The molecule has 0 bridgehead atoms. The largest absolute Gasteiger partial charge is 0.305 e. The van der Waals surface area contributed by atoms with E-state index in [1.807, 2.05) is 0 Å². The Bertz CT molecular complexity index is 64.9. The van der Waals surface area contributed by atoms with Crippen LogP contribution in [0.15, 0.2) is 0 Å². The molecule has 1 radical (unpaired) electrons. The molecule has 2 heteroatoms. The maximum Gasteiger partial charge on any atom is 0.0290 e. The van der Waals surface area contributed by atoms with Gasteiger partial charge in [0.25, 0.3) is 0 Å². The Hall–Kier alpha value is -0.0800. The average Bonchev–Trinajstić information content (AvgIpc) is 2.12. The van der Waals surface area contributed by atoms with Crippen molar-refractivity contribution in [3.05, 3.63) is 0 Å². The molecule has 0 amide bonds. The Balaban J connectivity index is 2.24. The molecule has 0 aromatic rings. The summed E-state index contributed by atoms with van der Waals surface area (Å²) in [5.74, 6) is 0. The number of nitrogens with zero attached hydrogens (tertiary/aromatic N) is 2. The summed E-state index contributed by atoms with van der Waals surface area (Å²) >= 11 is 0. The minimum absolute atomic E-state index is 0.731. The first-order valence-electron chi connectivity index (χ1n) is 3.10. The molecule has 1 rings (SSSR count). The van der Waals surface area contributed by atoms with Crippen LogP contribution < -0.4 is 5.32 Å². The minimum atomic E-state index is 0.731. The molecular formula is C6H13N2. The van der Waals surface area contributed by atoms with Gasteiger partial charge in [0.05, 0.1) is 0 Å². The average molecular weight is 113 g/mol. The molecular weight excluding hydrogens is 100 g/mol. The Morgan fingerprint density at radius 2 is 2.25 bits per heavy atom. The van der Waals surface area contributed by atoms with E-state index in [9.17, 15) is 0 Å². The summed E-state index contributed by atoms with van der Waals surface area (Å²) < 4.78 is 0. The molecule has 1 fully saturated rings. The van der Waals surface area contributed by atoms with E-state index in [2.05, 4.69) is 24.3 Å². The molecule has 2 nitrogen and oxygen atoms in total. The van der Waals surface area contributed by atoms with Crippen LogP contribution in [0, 0.1) is 0 Å². The molecule has 1 saturated heterocycles. The second-order valence-corrected chi connectivity index (χ2v) is 2.54. The summed E-state index contributed by atoms with van der Waals surface area (Å²) in [4.78, 5) is 2.25. The summed E-state index contributed by atoms with van der Waals surface area (Å²) in [5, 5.41) is 4.24. The fourth-order valence-electron chi connectivity index (χ4n) is 0.993. The Labute approximate surface area is 50.9 Å². The molecule has 0 unspecified atom stereocenters. The van der Waals surface area contributed by atoms with Crippen LogP contribution in [0.2, 0.25) is 0 Å². The molecule has 47 valence electrons. The number of hydrogen-bond donors (Lipinski definition) is 0. The van der Waals surface area contributed by atoms with Gasteiger partial charge in [-0.25, -0.2) is 5.32 Å². The molecule has 1 atom stereocenters. The summed E-state index contributed by atoms with van der Waals surface area (Å²) in [7, 11) is 4.23. The van der Waals surface area contributed by atoms with Gasteiger partial charge >= 0.3 is 0 Å². The van der Waals surface area contributed by atoms with Gasteiger partial charge in [0.2, 0.25) is 0 Å². The summed E-state index contributed by atoms with van der Waals surface area (Å²) in [5.41, 5.74) is 0. The van der Waals surface area contributed by atoms with E-state index in [0.717, 1.165) is 19.1 Å². The van der Waals surface area contributed by atoms with Gasteiger partial charge < -0.3 is 4.90 Å². The normalized spacial score (nSPS) is 29.6. The SMILES string of the molecule is CN(C)[C@@H]1CC[N]C1. The molecule has 0 aromatic heterocycles. The lowest BCUT2D eigenvalue weighted by atomic mass is 10.2. The van der Waals surface area contributed by atoms with E-state index in [1.54, 1.807) is 0 Å². The third-order valence-electron chi connectivity index (χ3n) is 1.69. The fraction of sp³-hybridized carbons (Fsp3) is 1.00. The van der Waals surface area contributed by atoms with Crippen LogP contribution in [0.4, 0.5) is 0 Å². The van der Waals surface area contributed by atoms with E-state index in [-0.39, 0.29) is 0 Å². The van der Waals surface area contributed by atoms with E-state index < -0.39 is 0 Å². The topological polar surface area (TPSA) is 17.3 Å². The number of hydrogen-bond acceptors (Lipinski definition) is 1. The highest BCUT2D eigenvalue weighted by Crippen LogP contribution is 2.03. The van der Waals surface area contributed by atoms with Crippen molar-refractivity contribution in [3.8, 4) is 0 Å². The number of rotatable bonds is 1. The van der Waals surface area contributed by atoms with E-state index in [0.29, 0.717) is 0 Å². The van der Waals surface area contributed by atoms with E-state index in [4.69, 9.17) is 0 Å². The van der Waals surface area contributed by atoms with Crippen molar-refractivity contribution in [3.63, 3.8) is 0 Å². The van der Waals surface area contributed by atoms with Crippen LogP contribution >= 0.6 is 0 Å². The van der Waals surface area contributed by atoms with Crippen molar-refractivity contribution in [2.24, 2.45) is 0 Å². The lowest BCUT2D eigenvalue weighted by molar-refractivity contribution is 0.313. The zero-order valence-electron chi connectivity index (χ0n) is 5.59. The summed E-state index contributed by atoms with van der Waals surface area (Å²) in [6.45, 7) is 2.12. The molecule has 1 aliphatic rings. The molecule has 0 N–H and O–H groups in total. The van der Waals surface area contributed by atoms with Crippen molar-refractivity contribution < 1.29 is 0 Å². The van der Waals surface area contributed by atoms with Crippen LogP contribution in [0.3, 0.4) is 0 Å². The van der Waals surface area contributed by atoms with Crippen molar-refractivity contribution in [1.29, 1.82) is 0 Å². The van der Waals surface area contributed by atoms with Gasteiger partial charge in [-0.3, -0.25) is 0 Å². The molecule has 0 aliphatic carbocycles. The maximum atomic E-state index is 4.24. The monoisotopic (exact) mass is 113 g/mol. The third kappa shape index (κ3) is 1.20. The first kappa shape index (κ1) is 6.05. The zero-order valence-corrected chi connectivity index (χ0v) is 5.59. The van der Waals surface area contributed by atoms with Gasteiger partial charge in [-0.15, -0.1) is 0 Å². The van der Waals surface area contributed by atoms with Crippen molar-refractivity contribution in [1.82, 2.24) is 10.2 Å². The van der Waals surface area contributed by atoms with E-state index in [1.165, 1.54) is 6.42 Å². The first-order chi connectivity index (χ1) is 3.80. The smallest absolute Gasteiger partial charge is 0.0290 e. The van der Waals surface area contributed by atoms with E-state index >= 15 is 0 Å². The van der Waals surface area contributed by atoms with Crippen LogP contribution in [-0.4, -0.2) is 38.1 Å². The third-order valence-corrected chi connectivity index (χ3v) is 1.69. The molecule has 0 aromatic carbocycles. The van der Waals surface area contributed by atoms with Gasteiger partial charge in [-0.2, -0.15) is 0 Å². The predicted octanol–water partition coefficient (Wildman–Crippen LogP) is -0.0753. The first-order valence-corrected chi connectivity index (χ1v) is 3.10. The standard InChI is InChI=1S/C6H13N2/c1-8(2)6-3-4-7-5-6/h6H,3-5H2,1-2H3/t6-/m1/s1. The van der Waals surface area contributed by atoms with Crippen molar-refractivity contribution >= 4 is 0 Å². The Kier molecular flexibility index (Phi) is 1.86. The quantitative estimate of drug-likeness (QED) is 0.465. The van der Waals surface area contributed by atoms with Gasteiger partial charge in [0.1, 0.15) is 0 Å². The zero-order chi connectivity index (χ0) is 5.98. The van der Waals surface area contributed by atoms with Crippen LogP contribution in [0.5, 0.6) is 0 Å². The Morgan fingerprint density at radius 3 is 2.50 bits per heavy atom. The maximum absolute atomic E-state index is 4.24. The second kappa shape index (κ2) is 2.46. The highest BCUT2D eigenvalue weighted by atomic mass is 15.1. The number of likely N-dealkylation sites (N-methyl/N-ethyl adjacent to an activating group) is 1. The van der Waals surface area contributed by atoms with Crippen LogP contribution in [-0.2, 0) is 0 Å². The Morgan fingerprint density at radius 1 is 1.50 bits per heavy atom. The van der Waals surface area contributed by atoms with Crippen LogP contribution in [0.1, 0.15) is 6.42 Å². The fourth-order valence-corrected chi connectivity index (χ4v) is 0.993. The lowest BCUT2D eigenvalue weighted by Gasteiger charge is -2.16. The molecule has 0 spiro atoms. The molecule has 0 saturated carbocycles. The summed E-state index contributed by atoms with van der Waals surface area (Å²) in [6.07, 6.45) is 1.26. The van der Waals surface area contributed by atoms with Crippen molar-refractivity contribution in [2.75, 3.05) is 27.2 Å². The molecule has 1 aliphatic heterocycles.